The fraction of sp³-hybridized carbons (Fsp3) is 0.917. The lowest BCUT2D eigenvalue weighted by atomic mass is 9.86. The number of carbonyl (C=O) groups excluding carboxylic acids is 1. The van der Waals surface area contributed by atoms with Crippen LogP contribution in [0.1, 0.15) is 39.5 Å². The van der Waals surface area contributed by atoms with E-state index in [1.165, 1.54) is 0 Å². The molecule has 0 bridgehead atoms. The molecule has 0 aliphatic heterocycles. The standard InChI is InChI=1S/C12H18F2O2/c1-3-16-10(15)11(2)4-8-6-12(13,14)7-9(8)5-11/h8-9H,3-7H2,1-2H3/t8-,9+,11-. The molecule has 2 nitrogen and oxygen atoms in total. The molecule has 2 aliphatic carbocycles. The fourth-order valence-electron chi connectivity index (χ4n) is 3.37. The number of fused-ring (bicyclic) bond motifs is 1. The Morgan fingerprint density at radius 1 is 1.25 bits per heavy atom. The molecular weight excluding hydrogens is 214 g/mol. The number of hydrogen-bond acceptors (Lipinski definition) is 2. The summed E-state index contributed by atoms with van der Waals surface area (Å²) in [4.78, 5) is 11.7. The minimum atomic E-state index is -2.51. The second-order valence-electron chi connectivity index (χ2n) is 5.47. The zero-order chi connectivity index (χ0) is 12.0. The Morgan fingerprint density at radius 3 is 2.19 bits per heavy atom. The van der Waals surface area contributed by atoms with Gasteiger partial charge in [0.2, 0.25) is 5.92 Å². The van der Waals surface area contributed by atoms with Crippen molar-refractivity contribution in [1.29, 1.82) is 0 Å². The van der Waals surface area contributed by atoms with Crippen LogP contribution in [0.5, 0.6) is 0 Å². The number of ether oxygens (including phenoxy) is 1. The van der Waals surface area contributed by atoms with E-state index in [1.807, 2.05) is 6.92 Å². The van der Waals surface area contributed by atoms with E-state index in [2.05, 4.69) is 0 Å². The van der Waals surface area contributed by atoms with Crippen molar-refractivity contribution in [2.24, 2.45) is 17.3 Å². The maximum atomic E-state index is 13.2. The van der Waals surface area contributed by atoms with Gasteiger partial charge in [0.15, 0.2) is 0 Å². The molecule has 0 spiro atoms. The Kier molecular flexibility index (Phi) is 2.71. The number of hydrogen-bond donors (Lipinski definition) is 0. The van der Waals surface area contributed by atoms with Crippen molar-refractivity contribution < 1.29 is 18.3 Å². The van der Waals surface area contributed by atoms with Crippen molar-refractivity contribution in [2.45, 2.75) is 45.5 Å². The number of carbonyl (C=O) groups is 1. The molecule has 0 radical (unpaired) electrons. The normalized spacial score (nSPS) is 40.8. The van der Waals surface area contributed by atoms with E-state index >= 15 is 0 Å². The largest absolute Gasteiger partial charge is 0.466 e. The summed E-state index contributed by atoms with van der Waals surface area (Å²) in [5, 5.41) is 0. The van der Waals surface area contributed by atoms with E-state index in [1.54, 1.807) is 6.92 Å². The summed E-state index contributed by atoms with van der Waals surface area (Å²) in [5.74, 6) is -2.72. The monoisotopic (exact) mass is 232 g/mol. The first kappa shape index (κ1) is 11.8. The van der Waals surface area contributed by atoms with Gasteiger partial charge in [-0.1, -0.05) is 0 Å². The van der Waals surface area contributed by atoms with Crippen LogP contribution in [0, 0.1) is 17.3 Å². The van der Waals surface area contributed by atoms with Crippen LogP contribution in [0.4, 0.5) is 8.78 Å². The lowest BCUT2D eigenvalue weighted by molar-refractivity contribution is -0.154. The molecule has 2 aliphatic rings. The van der Waals surface area contributed by atoms with Crippen LogP contribution in [0.2, 0.25) is 0 Å². The average molecular weight is 232 g/mol. The molecule has 0 aromatic rings. The van der Waals surface area contributed by atoms with E-state index in [0.29, 0.717) is 19.4 Å². The van der Waals surface area contributed by atoms with E-state index in [0.717, 1.165) is 0 Å². The second-order valence-corrected chi connectivity index (χ2v) is 5.47. The summed E-state index contributed by atoms with van der Waals surface area (Å²) in [6, 6.07) is 0. The predicted octanol–water partition coefficient (Wildman–Crippen LogP) is 3.01. The van der Waals surface area contributed by atoms with E-state index in [4.69, 9.17) is 4.74 Å². The van der Waals surface area contributed by atoms with Crippen molar-refractivity contribution in [3.63, 3.8) is 0 Å². The van der Waals surface area contributed by atoms with Gasteiger partial charge in [0.1, 0.15) is 0 Å². The first-order chi connectivity index (χ1) is 7.36. The maximum Gasteiger partial charge on any atom is 0.311 e. The highest BCUT2D eigenvalue weighted by Crippen LogP contribution is 2.57. The fourth-order valence-corrected chi connectivity index (χ4v) is 3.37. The Labute approximate surface area is 94.3 Å². The molecule has 0 amide bonds. The van der Waals surface area contributed by atoms with Gasteiger partial charge in [-0.05, 0) is 38.5 Å². The third kappa shape index (κ3) is 1.94. The van der Waals surface area contributed by atoms with Gasteiger partial charge in [-0.25, -0.2) is 8.78 Å². The Morgan fingerprint density at radius 2 is 1.75 bits per heavy atom. The second kappa shape index (κ2) is 3.67. The van der Waals surface area contributed by atoms with Gasteiger partial charge in [0.05, 0.1) is 12.0 Å². The lowest BCUT2D eigenvalue weighted by Crippen LogP contribution is -2.28. The SMILES string of the molecule is CCOC(=O)[C@@]1(C)C[C@H]2CC(F)(F)C[C@H]2C1. The van der Waals surface area contributed by atoms with Crippen LogP contribution >= 0.6 is 0 Å². The summed E-state index contributed by atoms with van der Waals surface area (Å²) in [5.41, 5.74) is -0.526. The molecule has 0 aromatic heterocycles. The highest BCUT2D eigenvalue weighted by atomic mass is 19.3. The van der Waals surface area contributed by atoms with Gasteiger partial charge in [-0.15, -0.1) is 0 Å². The molecule has 3 atom stereocenters. The number of rotatable bonds is 2. The molecule has 0 aromatic carbocycles. The van der Waals surface area contributed by atoms with Crippen LogP contribution in [-0.2, 0) is 9.53 Å². The third-order valence-corrected chi connectivity index (χ3v) is 3.98. The van der Waals surface area contributed by atoms with Gasteiger partial charge >= 0.3 is 5.97 Å². The van der Waals surface area contributed by atoms with Crippen molar-refractivity contribution in [3.8, 4) is 0 Å². The van der Waals surface area contributed by atoms with Gasteiger partial charge in [-0.2, -0.15) is 0 Å². The van der Waals surface area contributed by atoms with E-state index < -0.39 is 11.3 Å². The predicted molar refractivity (Wildman–Crippen MR) is 55.1 cm³/mol. The van der Waals surface area contributed by atoms with Crippen LogP contribution in [0.15, 0.2) is 0 Å². The van der Waals surface area contributed by atoms with Gasteiger partial charge in [0, 0.05) is 12.8 Å². The molecule has 2 saturated carbocycles. The number of esters is 1. The first-order valence-corrected chi connectivity index (χ1v) is 5.91. The summed E-state index contributed by atoms with van der Waals surface area (Å²) in [7, 11) is 0. The van der Waals surface area contributed by atoms with Crippen LogP contribution in [0.25, 0.3) is 0 Å². The molecule has 0 unspecified atom stereocenters. The summed E-state index contributed by atoms with van der Waals surface area (Å²) in [6.07, 6.45) is 1.03. The van der Waals surface area contributed by atoms with Gasteiger partial charge < -0.3 is 4.74 Å². The van der Waals surface area contributed by atoms with Crippen molar-refractivity contribution in [3.05, 3.63) is 0 Å². The highest BCUT2D eigenvalue weighted by molar-refractivity contribution is 5.76. The zero-order valence-corrected chi connectivity index (χ0v) is 9.76. The zero-order valence-electron chi connectivity index (χ0n) is 9.76. The Bertz CT molecular complexity index is 285. The highest BCUT2D eigenvalue weighted by Gasteiger charge is 2.56. The topological polar surface area (TPSA) is 26.3 Å². The van der Waals surface area contributed by atoms with Crippen molar-refractivity contribution >= 4 is 5.97 Å². The van der Waals surface area contributed by atoms with Crippen molar-refractivity contribution in [2.75, 3.05) is 6.61 Å². The van der Waals surface area contributed by atoms with E-state index in [-0.39, 0.29) is 30.6 Å². The Balaban J connectivity index is 2.03. The minimum absolute atomic E-state index is 0.00408. The first-order valence-electron chi connectivity index (χ1n) is 5.91. The van der Waals surface area contributed by atoms with Crippen LogP contribution in [-0.4, -0.2) is 18.5 Å². The molecule has 0 saturated heterocycles. The lowest BCUT2D eigenvalue weighted by Gasteiger charge is -2.23. The Hall–Kier alpha value is -0.670. The summed E-state index contributed by atoms with van der Waals surface area (Å²) in [6.45, 7) is 3.98. The van der Waals surface area contributed by atoms with Crippen molar-refractivity contribution in [1.82, 2.24) is 0 Å². The number of alkyl halides is 2. The third-order valence-electron chi connectivity index (χ3n) is 3.98. The smallest absolute Gasteiger partial charge is 0.311 e. The van der Waals surface area contributed by atoms with E-state index in [9.17, 15) is 13.6 Å². The van der Waals surface area contributed by atoms with Gasteiger partial charge in [0.25, 0.3) is 0 Å². The summed E-state index contributed by atoms with van der Waals surface area (Å²) >= 11 is 0. The molecule has 2 rings (SSSR count). The quantitative estimate of drug-likeness (QED) is 0.684. The molecule has 4 heteroatoms. The molecule has 2 fully saturated rings. The number of halogens is 2. The summed E-state index contributed by atoms with van der Waals surface area (Å²) < 4.78 is 31.3. The molecule has 92 valence electrons. The maximum absolute atomic E-state index is 13.2. The molecular formula is C12H18F2O2. The average Bonchev–Trinajstić information content (AvgIpc) is 2.55. The van der Waals surface area contributed by atoms with Crippen LogP contribution in [0.3, 0.4) is 0 Å². The molecule has 0 heterocycles. The van der Waals surface area contributed by atoms with Gasteiger partial charge in [-0.3, -0.25) is 4.79 Å². The van der Waals surface area contributed by atoms with Crippen LogP contribution < -0.4 is 0 Å². The molecule has 16 heavy (non-hydrogen) atoms. The molecule has 0 N–H and O–H groups in total. The minimum Gasteiger partial charge on any atom is -0.466 e.